The van der Waals surface area contributed by atoms with Gasteiger partial charge in [0.1, 0.15) is 5.75 Å². The van der Waals surface area contributed by atoms with Crippen LogP contribution in [0, 0.1) is 6.92 Å². The lowest BCUT2D eigenvalue weighted by molar-refractivity contribution is -0.122. The summed E-state index contributed by atoms with van der Waals surface area (Å²) in [5, 5.41) is 2.76. The minimum absolute atomic E-state index is 0.132. The van der Waals surface area contributed by atoms with E-state index in [4.69, 9.17) is 4.74 Å². The molecule has 4 rings (SSSR count). The Hall–Kier alpha value is -3.27. The van der Waals surface area contributed by atoms with E-state index in [9.17, 15) is 18.0 Å². The van der Waals surface area contributed by atoms with Gasteiger partial charge in [-0.2, -0.15) is 0 Å². The molecule has 158 valence electrons. The summed E-state index contributed by atoms with van der Waals surface area (Å²) in [6, 6.07) is 10.3. The Morgan fingerprint density at radius 1 is 1.10 bits per heavy atom. The van der Waals surface area contributed by atoms with Crippen LogP contribution in [0.5, 0.6) is 5.75 Å². The van der Waals surface area contributed by atoms with Crippen molar-refractivity contribution >= 4 is 38.3 Å². The van der Waals surface area contributed by atoms with Gasteiger partial charge in [-0.15, -0.1) is 0 Å². The summed E-state index contributed by atoms with van der Waals surface area (Å²) in [6.45, 7) is 1.72. The van der Waals surface area contributed by atoms with Crippen molar-refractivity contribution in [2.24, 2.45) is 14.1 Å². The number of fused-ring (bicyclic) bond motifs is 2. The lowest BCUT2D eigenvalue weighted by Crippen LogP contribution is -2.48. The predicted molar refractivity (Wildman–Crippen MR) is 115 cm³/mol. The molecule has 30 heavy (non-hydrogen) atoms. The fourth-order valence-electron chi connectivity index (χ4n) is 3.62. The predicted octanol–water partition coefficient (Wildman–Crippen LogP) is 1.35. The highest BCUT2D eigenvalue weighted by Gasteiger charge is 2.35. The summed E-state index contributed by atoms with van der Waals surface area (Å²) in [6.07, 6.45) is 0.0775. The smallest absolute Gasteiger partial charge is 0.328 e. The second-order valence-electron chi connectivity index (χ2n) is 7.47. The molecule has 0 saturated carbocycles. The van der Waals surface area contributed by atoms with Gasteiger partial charge < -0.3 is 10.1 Å². The van der Waals surface area contributed by atoms with E-state index in [0.717, 1.165) is 17.3 Å². The van der Waals surface area contributed by atoms with Crippen LogP contribution in [0.3, 0.4) is 0 Å². The summed E-state index contributed by atoms with van der Waals surface area (Å²) >= 11 is 0. The number of nitrogens with one attached hydrogen (secondary N) is 1. The van der Waals surface area contributed by atoms with Crippen LogP contribution >= 0.6 is 0 Å². The number of imidazole rings is 1. The topological polar surface area (TPSA) is 103 Å². The monoisotopic (exact) mass is 430 g/mol. The Labute approximate surface area is 173 Å². The third kappa shape index (κ3) is 3.32. The van der Waals surface area contributed by atoms with Crippen LogP contribution in [-0.2, 0) is 28.9 Å². The Morgan fingerprint density at radius 2 is 1.80 bits per heavy atom. The molecule has 2 heterocycles. The number of aryl methyl sites for hydroxylation is 3. The summed E-state index contributed by atoms with van der Waals surface area (Å²) < 4.78 is 34.6. The maximum Gasteiger partial charge on any atom is 0.328 e. The number of rotatable bonds is 3. The summed E-state index contributed by atoms with van der Waals surface area (Å²) in [5.74, 6) is -0.145. The molecule has 0 fully saturated rings. The maximum atomic E-state index is 12.9. The fraction of sp³-hybridized carbons (Fsp3) is 0.300. The van der Waals surface area contributed by atoms with Gasteiger partial charge in [-0.1, -0.05) is 6.07 Å². The second-order valence-corrected chi connectivity index (χ2v) is 9.37. The van der Waals surface area contributed by atoms with Crippen molar-refractivity contribution in [3.05, 3.63) is 52.4 Å². The SMILES string of the molecule is Cc1ccc2c(c1)N(S(C)(=O)=O)CC(C(=O)Nc1ccc3c(c1)n(C)c(=O)n3C)O2. The number of nitrogens with zero attached hydrogens (tertiary/aromatic N) is 3. The van der Waals surface area contributed by atoms with Gasteiger partial charge in [0.25, 0.3) is 5.91 Å². The van der Waals surface area contributed by atoms with E-state index >= 15 is 0 Å². The van der Waals surface area contributed by atoms with Crippen LogP contribution in [0.25, 0.3) is 11.0 Å². The van der Waals surface area contributed by atoms with Crippen molar-refractivity contribution in [2.45, 2.75) is 13.0 Å². The molecule has 1 atom stereocenters. The van der Waals surface area contributed by atoms with Crippen LogP contribution in [0.2, 0.25) is 0 Å². The standard InChI is InChI=1S/C20H22N4O5S/c1-12-5-8-17-16(9-12)24(30(4,27)28)11-18(29-17)19(25)21-13-6-7-14-15(10-13)23(3)20(26)22(14)2/h5-10,18H,11H2,1-4H3,(H,21,25). The molecule has 3 aromatic rings. The normalized spacial score (nSPS) is 16.3. The molecule has 0 spiro atoms. The van der Waals surface area contributed by atoms with Crippen molar-refractivity contribution in [3.8, 4) is 5.75 Å². The van der Waals surface area contributed by atoms with Crippen molar-refractivity contribution in [1.29, 1.82) is 0 Å². The number of anilines is 2. The summed E-state index contributed by atoms with van der Waals surface area (Å²) in [5.41, 5.74) is 3.03. The highest BCUT2D eigenvalue weighted by Crippen LogP contribution is 2.36. The molecular weight excluding hydrogens is 408 g/mol. The quantitative estimate of drug-likeness (QED) is 0.676. The first-order valence-corrected chi connectivity index (χ1v) is 11.1. The van der Waals surface area contributed by atoms with E-state index in [1.165, 1.54) is 13.4 Å². The van der Waals surface area contributed by atoms with Crippen molar-refractivity contribution in [2.75, 3.05) is 22.4 Å². The first-order chi connectivity index (χ1) is 14.1. The molecule has 1 amide bonds. The van der Waals surface area contributed by atoms with E-state index in [0.29, 0.717) is 22.6 Å². The zero-order valence-electron chi connectivity index (χ0n) is 17.0. The number of sulfonamides is 1. The van der Waals surface area contributed by atoms with Gasteiger partial charge in [0.15, 0.2) is 6.10 Å². The van der Waals surface area contributed by atoms with Crippen LogP contribution in [0.15, 0.2) is 41.2 Å². The van der Waals surface area contributed by atoms with Crippen LogP contribution in [-0.4, -0.2) is 42.4 Å². The highest BCUT2D eigenvalue weighted by molar-refractivity contribution is 7.92. The first kappa shape index (κ1) is 20.0. The maximum absolute atomic E-state index is 12.9. The molecule has 1 aliphatic heterocycles. The van der Waals surface area contributed by atoms with Gasteiger partial charge in [-0.3, -0.25) is 18.2 Å². The van der Waals surface area contributed by atoms with Crippen molar-refractivity contribution < 1.29 is 17.9 Å². The van der Waals surface area contributed by atoms with E-state index in [1.54, 1.807) is 50.5 Å². The molecule has 1 N–H and O–H groups in total. The van der Waals surface area contributed by atoms with E-state index in [2.05, 4.69) is 5.32 Å². The lowest BCUT2D eigenvalue weighted by Gasteiger charge is -2.34. The third-order valence-electron chi connectivity index (χ3n) is 5.22. The molecule has 9 nitrogen and oxygen atoms in total. The molecule has 0 bridgehead atoms. The fourth-order valence-corrected chi connectivity index (χ4v) is 4.53. The van der Waals surface area contributed by atoms with Gasteiger partial charge in [0.2, 0.25) is 10.0 Å². The van der Waals surface area contributed by atoms with Gasteiger partial charge >= 0.3 is 5.69 Å². The Bertz CT molecular complexity index is 1340. The summed E-state index contributed by atoms with van der Waals surface area (Å²) in [4.78, 5) is 25.0. The van der Waals surface area contributed by atoms with Gasteiger partial charge in [-0.25, -0.2) is 13.2 Å². The highest BCUT2D eigenvalue weighted by atomic mass is 32.2. The Kier molecular flexibility index (Phi) is 4.61. The van der Waals surface area contributed by atoms with Crippen molar-refractivity contribution in [3.63, 3.8) is 0 Å². The lowest BCUT2D eigenvalue weighted by atomic mass is 10.1. The largest absolute Gasteiger partial charge is 0.476 e. The first-order valence-electron chi connectivity index (χ1n) is 9.27. The number of amides is 1. The molecule has 1 aliphatic rings. The number of carbonyl (C=O) groups excluding carboxylic acids is 1. The second kappa shape index (κ2) is 6.91. The third-order valence-corrected chi connectivity index (χ3v) is 6.36. The van der Waals surface area contributed by atoms with Crippen LogP contribution in [0.4, 0.5) is 11.4 Å². The number of hydrogen-bond donors (Lipinski definition) is 1. The molecule has 0 radical (unpaired) electrons. The average Bonchev–Trinajstić information content (AvgIpc) is 2.90. The van der Waals surface area contributed by atoms with Gasteiger partial charge in [0.05, 0.1) is 29.5 Å². The molecule has 0 saturated heterocycles. The van der Waals surface area contributed by atoms with Crippen LogP contribution < -0.4 is 20.0 Å². The number of benzene rings is 2. The summed E-state index contributed by atoms with van der Waals surface area (Å²) in [7, 11) is -0.265. The molecule has 2 aromatic carbocycles. The number of hydrogen-bond acceptors (Lipinski definition) is 5. The molecule has 0 aliphatic carbocycles. The van der Waals surface area contributed by atoms with E-state index in [-0.39, 0.29) is 12.2 Å². The van der Waals surface area contributed by atoms with Crippen molar-refractivity contribution in [1.82, 2.24) is 9.13 Å². The average molecular weight is 430 g/mol. The zero-order chi connectivity index (χ0) is 21.8. The number of aromatic nitrogens is 2. The Balaban J connectivity index is 1.64. The molecule has 10 heteroatoms. The molecule has 1 aromatic heterocycles. The molecule has 1 unspecified atom stereocenters. The minimum atomic E-state index is -3.60. The molecular formula is C20H22N4O5S. The van der Waals surface area contributed by atoms with Gasteiger partial charge in [0, 0.05) is 19.8 Å². The van der Waals surface area contributed by atoms with Crippen LogP contribution in [0.1, 0.15) is 5.56 Å². The van der Waals surface area contributed by atoms with E-state index < -0.39 is 22.0 Å². The number of carbonyl (C=O) groups is 1. The Morgan fingerprint density at radius 3 is 2.50 bits per heavy atom. The number of ether oxygens (including phenoxy) is 1. The van der Waals surface area contributed by atoms with Gasteiger partial charge in [-0.05, 0) is 42.8 Å². The van der Waals surface area contributed by atoms with E-state index in [1.807, 2.05) is 6.92 Å². The minimum Gasteiger partial charge on any atom is -0.476 e. The zero-order valence-corrected chi connectivity index (χ0v) is 17.9.